The minimum absolute atomic E-state index is 0.279. The highest BCUT2D eigenvalue weighted by Gasteiger charge is 2.30. The molecule has 5 nitrogen and oxygen atoms in total. The Hall–Kier alpha value is -1.47. The molecule has 0 bridgehead atoms. The molecule has 0 radical (unpaired) electrons. The maximum atomic E-state index is 12.8. The maximum absolute atomic E-state index is 12.8. The molecule has 2 aliphatic heterocycles. The van der Waals surface area contributed by atoms with E-state index in [9.17, 15) is 4.79 Å². The van der Waals surface area contributed by atoms with Crippen molar-refractivity contribution in [2.75, 3.05) is 39.3 Å². The summed E-state index contributed by atoms with van der Waals surface area (Å²) in [5, 5.41) is 1.76. The number of nitrogens with zero attached hydrogens (tertiary/aromatic N) is 4. The van der Waals surface area contributed by atoms with Crippen molar-refractivity contribution in [2.45, 2.75) is 38.3 Å². The Morgan fingerprint density at radius 1 is 1.17 bits per heavy atom. The molecule has 0 spiro atoms. The van der Waals surface area contributed by atoms with Crippen LogP contribution in [0.3, 0.4) is 0 Å². The van der Waals surface area contributed by atoms with Crippen LogP contribution in [0.15, 0.2) is 24.3 Å². The zero-order chi connectivity index (χ0) is 19.8. The first kappa shape index (κ1) is 19.5. The Kier molecular flexibility index (Phi) is 5.61. The first-order chi connectivity index (χ1) is 14.2. The van der Waals surface area contributed by atoms with Gasteiger partial charge in [0.25, 0.3) is 0 Å². The highest BCUT2D eigenvalue weighted by molar-refractivity contribution is 7.15. The van der Waals surface area contributed by atoms with E-state index in [0.29, 0.717) is 6.54 Å². The molecular weight excluding hydrogens is 404 g/mol. The van der Waals surface area contributed by atoms with Crippen LogP contribution in [0, 0.1) is 0 Å². The van der Waals surface area contributed by atoms with Gasteiger partial charge in [-0.15, -0.1) is 11.3 Å². The number of amides is 1. The molecular formula is C22H27ClN4OS. The monoisotopic (exact) mass is 430 g/mol. The van der Waals surface area contributed by atoms with Gasteiger partial charge in [-0.05, 0) is 25.0 Å². The van der Waals surface area contributed by atoms with E-state index in [4.69, 9.17) is 16.6 Å². The zero-order valence-corrected chi connectivity index (χ0v) is 18.2. The van der Waals surface area contributed by atoms with Gasteiger partial charge in [-0.2, -0.15) is 0 Å². The minimum atomic E-state index is 0.279. The summed E-state index contributed by atoms with van der Waals surface area (Å²) in [5.41, 5.74) is 2.26. The molecule has 2 fully saturated rings. The van der Waals surface area contributed by atoms with Crippen molar-refractivity contribution >= 4 is 28.8 Å². The van der Waals surface area contributed by atoms with Crippen LogP contribution < -0.4 is 0 Å². The zero-order valence-electron chi connectivity index (χ0n) is 16.6. The van der Waals surface area contributed by atoms with Gasteiger partial charge >= 0.3 is 0 Å². The van der Waals surface area contributed by atoms with Crippen LogP contribution in [0.1, 0.15) is 29.8 Å². The topological polar surface area (TPSA) is 39.7 Å². The number of aromatic nitrogens is 1. The number of rotatable bonds is 4. The third-order valence-corrected chi connectivity index (χ3v) is 7.87. The average Bonchev–Trinajstić information content (AvgIpc) is 3.11. The lowest BCUT2D eigenvalue weighted by Crippen LogP contribution is -2.55. The van der Waals surface area contributed by atoms with Gasteiger partial charge in [-0.3, -0.25) is 14.6 Å². The molecule has 3 heterocycles. The summed E-state index contributed by atoms with van der Waals surface area (Å²) >= 11 is 7.87. The molecule has 0 atom stereocenters. The van der Waals surface area contributed by atoms with Gasteiger partial charge in [0.2, 0.25) is 5.91 Å². The third-order valence-electron chi connectivity index (χ3n) is 6.50. The van der Waals surface area contributed by atoms with Gasteiger partial charge < -0.3 is 4.90 Å². The molecule has 2 aromatic rings. The molecule has 29 heavy (non-hydrogen) atoms. The van der Waals surface area contributed by atoms with Crippen LogP contribution >= 0.6 is 22.9 Å². The third kappa shape index (κ3) is 4.22. The quantitative estimate of drug-likeness (QED) is 0.744. The molecule has 1 aromatic heterocycles. The summed E-state index contributed by atoms with van der Waals surface area (Å²) in [5.74, 6) is 0.279. The molecule has 0 unspecified atom stereocenters. The van der Waals surface area contributed by atoms with Crippen LogP contribution in [0.4, 0.5) is 0 Å². The van der Waals surface area contributed by atoms with E-state index in [1.807, 2.05) is 18.2 Å². The second kappa shape index (κ2) is 8.34. The van der Waals surface area contributed by atoms with Crippen LogP contribution in [0.25, 0.3) is 10.6 Å². The number of hydrogen-bond acceptors (Lipinski definition) is 5. The Balaban J connectivity index is 1.17. The molecule has 154 valence electrons. The molecule has 0 N–H and O–H groups in total. The van der Waals surface area contributed by atoms with Crippen LogP contribution in [0.5, 0.6) is 0 Å². The van der Waals surface area contributed by atoms with Crippen molar-refractivity contribution < 1.29 is 4.79 Å². The average molecular weight is 431 g/mol. The van der Waals surface area contributed by atoms with E-state index in [-0.39, 0.29) is 5.91 Å². The van der Waals surface area contributed by atoms with Gasteiger partial charge in [0, 0.05) is 67.2 Å². The van der Waals surface area contributed by atoms with E-state index >= 15 is 0 Å². The van der Waals surface area contributed by atoms with Crippen molar-refractivity contribution in [3.8, 4) is 10.6 Å². The largest absolute Gasteiger partial charge is 0.339 e. The number of fused-ring (bicyclic) bond motifs is 1. The van der Waals surface area contributed by atoms with E-state index in [1.54, 1.807) is 11.3 Å². The first-order valence-electron chi connectivity index (χ1n) is 10.6. The Labute approximate surface area is 181 Å². The number of halogens is 1. The van der Waals surface area contributed by atoms with Crippen molar-refractivity contribution in [2.24, 2.45) is 0 Å². The summed E-state index contributed by atoms with van der Waals surface area (Å²) < 4.78 is 0. The molecule has 1 amide bonds. The predicted octanol–water partition coefficient (Wildman–Crippen LogP) is 3.52. The number of benzene rings is 1. The van der Waals surface area contributed by atoms with Gasteiger partial charge in [0.05, 0.1) is 12.2 Å². The van der Waals surface area contributed by atoms with E-state index < -0.39 is 0 Å². The molecule has 5 rings (SSSR count). The fourth-order valence-electron chi connectivity index (χ4n) is 4.51. The molecule has 1 saturated heterocycles. The van der Waals surface area contributed by atoms with Crippen molar-refractivity contribution in [1.29, 1.82) is 0 Å². The Morgan fingerprint density at radius 3 is 2.72 bits per heavy atom. The van der Waals surface area contributed by atoms with E-state index in [0.717, 1.165) is 67.3 Å². The van der Waals surface area contributed by atoms with Crippen molar-refractivity contribution in [1.82, 2.24) is 19.7 Å². The van der Waals surface area contributed by atoms with Crippen LogP contribution in [-0.4, -0.2) is 70.9 Å². The van der Waals surface area contributed by atoms with Gasteiger partial charge in [-0.1, -0.05) is 30.2 Å². The van der Waals surface area contributed by atoms with Crippen molar-refractivity contribution in [3.63, 3.8) is 0 Å². The normalized spacial score (nSPS) is 21.1. The Bertz CT molecular complexity index is 889. The fraction of sp³-hybridized carbons (Fsp3) is 0.545. The summed E-state index contributed by atoms with van der Waals surface area (Å²) in [6, 6.07) is 8.66. The molecule has 1 saturated carbocycles. The van der Waals surface area contributed by atoms with E-state index in [1.165, 1.54) is 29.8 Å². The number of carbonyl (C=O) groups excluding carboxylic acids is 1. The standard InChI is InChI=1S/C22H27ClN4OS/c23-17-4-1-3-16(13-17)22-24-19-7-8-25(14-20(19)29-22)15-21(28)27-11-9-26(10-12-27)18-5-2-6-18/h1,3-4,13,18H,2,5-12,14-15H2. The highest BCUT2D eigenvalue weighted by atomic mass is 35.5. The lowest BCUT2D eigenvalue weighted by Gasteiger charge is -2.43. The number of thiazole rings is 1. The number of carbonyl (C=O) groups is 1. The lowest BCUT2D eigenvalue weighted by molar-refractivity contribution is -0.135. The smallest absolute Gasteiger partial charge is 0.236 e. The number of hydrogen-bond donors (Lipinski definition) is 0. The summed E-state index contributed by atoms with van der Waals surface area (Å²) in [6.07, 6.45) is 4.97. The molecule has 3 aliphatic rings. The van der Waals surface area contributed by atoms with Gasteiger partial charge in [0.1, 0.15) is 5.01 Å². The summed E-state index contributed by atoms with van der Waals surface area (Å²) in [7, 11) is 0. The minimum Gasteiger partial charge on any atom is -0.339 e. The highest BCUT2D eigenvalue weighted by Crippen LogP contribution is 2.32. The fourth-order valence-corrected chi connectivity index (χ4v) is 5.84. The summed E-state index contributed by atoms with van der Waals surface area (Å²) in [4.78, 5) is 25.9. The van der Waals surface area contributed by atoms with Crippen LogP contribution in [0.2, 0.25) is 5.02 Å². The SMILES string of the molecule is O=C(CN1CCc2nc(-c3cccc(Cl)c3)sc2C1)N1CCN(C2CCC2)CC1. The molecule has 7 heteroatoms. The van der Waals surface area contributed by atoms with E-state index in [2.05, 4.69) is 20.8 Å². The second-order valence-electron chi connectivity index (χ2n) is 8.36. The predicted molar refractivity (Wildman–Crippen MR) is 117 cm³/mol. The van der Waals surface area contributed by atoms with Crippen molar-refractivity contribution in [3.05, 3.63) is 39.9 Å². The summed E-state index contributed by atoms with van der Waals surface area (Å²) in [6.45, 7) is 6.09. The Morgan fingerprint density at radius 2 is 2.00 bits per heavy atom. The number of piperazine rings is 1. The van der Waals surface area contributed by atoms with Gasteiger partial charge in [0.15, 0.2) is 0 Å². The maximum Gasteiger partial charge on any atom is 0.236 e. The lowest BCUT2D eigenvalue weighted by atomic mass is 9.91. The first-order valence-corrected chi connectivity index (χ1v) is 11.8. The molecule has 1 aliphatic carbocycles. The van der Waals surface area contributed by atoms with Crippen LogP contribution in [-0.2, 0) is 17.8 Å². The molecule has 1 aromatic carbocycles. The second-order valence-corrected chi connectivity index (χ2v) is 9.88. The van der Waals surface area contributed by atoms with Gasteiger partial charge in [-0.25, -0.2) is 4.98 Å².